The topological polar surface area (TPSA) is 26.3 Å². The molecule has 0 aliphatic carbocycles. The molecule has 1 unspecified atom stereocenters. The molecule has 4 heteroatoms. The Morgan fingerprint density at radius 1 is 1.77 bits per heavy atom. The molecule has 0 aliphatic rings. The fourth-order valence-corrected chi connectivity index (χ4v) is 1.85. The number of halogens is 1. The van der Waals surface area contributed by atoms with Crippen LogP contribution in [0.1, 0.15) is 17.7 Å². The van der Waals surface area contributed by atoms with Crippen LogP contribution in [0, 0.1) is 0 Å². The normalized spacial score (nSPS) is 12.5. The van der Waals surface area contributed by atoms with Crippen LogP contribution in [0.4, 0.5) is 0 Å². The fraction of sp³-hybridized carbons (Fsp3) is 0.444. The number of esters is 1. The van der Waals surface area contributed by atoms with Gasteiger partial charge in [-0.1, -0.05) is 22.0 Å². The van der Waals surface area contributed by atoms with Gasteiger partial charge in [-0.3, -0.25) is 4.79 Å². The predicted molar refractivity (Wildman–Crippen MR) is 57.5 cm³/mol. The minimum absolute atomic E-state index is 0.140. The van der Waals surface area contributed by atoms with E-state index in [0.29, 0.717) is 11.9 Å². The van der Waals surface area contributed by atoms with Gasteiger partial charge in [-0.05, 0) is 18.4 Å². The van der Waals surface area contributed by atoms with E-state index in [2.05, 4.69) is 15.9 Å². The molecular weight excluding hydrogens is 252 g/mol. The average molecular weight is 263 g/mol. The van der Waals surface area contributed by atoms with E-state index in [1.54, 1.807) is 11.3 Å². The lowest BCUT2D eigenvalue weighted by Crippen LogP contribution is -2.13. The first-order chi connectivity index (χ1) is 6.25. The molecule has 0 aliphatic heterocycles. The van der Waals surface area contributed by atoms with Gasteiger partial charge in [0.2, 0.25) is 0 Å². The van der Waals surface area contributed by atoms with Crippen molar-refractivity contribution in [2.24, 2.45) is 0 Å². The number of ether oxygens (including phenoxy) is 1. The third-order valence-electron chi connectivity index (χ3n) is 1.64. The Morgan fingerprint density at radius 2 is 2.54 bits per heavy atom. The molecule has 0 fully saturated rings. The molecule has 1 atom stereocenters. The summed E-state index contributed by atoms with van der Waals surface area (Å²) in [4.78, 5) is 12.4. The number of rotatable bonds is 4. The summed E-state index contributed by atoms with van der Waals surface area (Å²) in [7, 11) is 0. The van der Waals surface area contributed by atoms with Crippen LogP contribution < -0.4 is 0 Å². The van der Waals surface area contributed by atoms with Crippen molar-refractivity contribution in [3.05, 3.63) is 22.4 Å². The smallest absolute Gasteiger partial charge is 0.313 e. The van der Waals surface area contributed by atoms with Crippen LogP contribution in [-0.4, -0.2) is 17.9 Å². The maximum Gasteiger partial charge on any atom is 0.313 e. The first-order valence-corrected chi connectivity index (χ1v) is 6.02. The maximum absolute atomic E-state index is 11.4. The Balaban J connectivity index is 2.48. The third kappa shape index (κ3) is 3.12. The van der Waals surface area contributed by atoms with Gasteiger partial charge in [0.05, 0.1) is 5.92 Å². The summed E-state index contributed by atoms with van der Waals surface area (Å²) >= 11 is 4.78. The van der Waals surface area contributed by atoms with Crippen molar-refractivity contribution in [3.63, 3.8) is 0 Å². The molecule has 0 spiro atoms. The van der Waals surface area contributed by atoms with Crippen LogP contribution in [0.25, 0.3) is 0 Å². The standard InChI is InChI=1S/C9H11BrO2S/c1-7(8-3-2-6-13-8)9(11)12-5-4-10/h2-3,6-7H,4-5H2,1H3. The average Bonchev–Trinajstić information content (AvgIpc) is 2.65. The lowest BCUT2D eigenvalue weighted by atomic mass is 10.1. The van der Waals surface area contributed by atoms with Gasteiger partial charge in [0.25, 0.3) is 0 Å². The highest BCUT2D eigenvalue weighted by Gasteiger charge is 2.16. The summed E-state index contributed by atoms with van der Waals surface area (Å²) in [6, 6.07) is 3.89. The number of carbonyl (C=O) groups excluding carboxylic acids is 1. The summed E-state index contributed by atoms with van der Waals surface area (Å²) in [5.41, 5.74) is 0. The SMILES string of the molecule is CC(C(=O)OCCBr)c1cccs1. The first kappa shape index (κ1) is 10.7. The van der Waals surface area contributed by atoms with Crippen LogP contribution >= 0.6 is 27.3 Å². The summed E-state index contributed by atoms with van der Waals surface area (Å²) in [6.07, 6.45) is 0. The van der Waals surface area contributed by atoms with Crippen molar-refractivity contribution in [2.45, 2.75) is 12.8 Å². The molecule has 0 saturated heterocycles. The van der Waals surface area contributed by atoms with Crippen LogP contribution in [0.15, 0.2) is 17.5 Å². The van der Waals surface area contributed by atoms with E-state index in [1.165, 1.54) is 0 Å². The highest BCUT2D eigenvalue weighted by molar-refractivity contribution is 9.09. The second kappa shape index (κ2) is 5.40. The van der Waals surface area contributed by atoms with E-state index in [9.17, 15) is 4.79 Å². The van der Waals surface area contributed by atoms with Crippen molar-refractivity contribution >= 4 is 33.2 Å². The van der Waals surface area contributed by atoms with Gasteiger partial charge in [0.1, 0.15) is 6.61 Å². The molecular formula is C9H11BrO2S. The Bertz CT molecular complexity index is 259. The van der Waals surface area contributed by atoms with E-state index in [0.717, 1.165) is 4.88 Å². The van der Waals surface area contributed by atoms with E-state index in [1.807, 2.05) is 24.4 Å². The fourth-order valence-electron chi connectivity index (χ4n) is 0.918. The quantitative estimate of drug-likeness (QED) is 0.616. The largest absolute Gasteiger partial charge is 0.464 e. The molecule has 0 radical (unpaired) electrons. The van der Waals surface area contributed by atoms with E-state index >= 15 is 0 Å². The molecule has 0 amide bonds. The molecule has 1 aromatic heterocycles. The van der Waals surface area contributed by atoms with Crippen molar-refractivity contribution < 1.29 is 9.53 Å². The number of hydrogen-bond donors (Lipinski definition) is 0. The summed E-state index contributed by atoms with van der Waals surface area (Å²) < 4.78 is 5.00. The molecule has 13 heavy (non-hydrogen) atoms. The van der Waals surface area contributed by atoms with Gasteiger partial charge in [-0.25, -0.2) is 0 Å². The van der Waals surface area contributed by atoms with E-state index in [-0.39, 0.29) is 11.9 Å². The van der Waals surface area contributed by atoms with Crippen LogP contribution in [0.3, 0.4) is 0 Å². The number of hydrogen-bond acceptors (Lipinski definition) is 3. The van der Waals surface area contributed by atoms with Crippen molar-refractivity contribution in [2.75, 3.05) is 11.9 Å². The number of carbonyl (C=O) groups is 1. The van der Waals surface area contributed by atoms with Crippen molar-refractivity contribution in [1.29, 1.82) is 0 Å². The van der Waals surface area contributed by atoms with Gasteiger partial charge in [0.15, 0.2) is 0 Å². The summed E-state index contributed by atoms with van der Waals surface area (Å²) in [5, 5.41) is 2.65. The van der Waals surface area contributed by atoms with Gasteiger partial charge in [0, 0.05) is 10.2 Å². The zero-order chi connectivity index (χ0) is 9.68. The Labute approximate surface area is 90.0 Å². The zero-order valence-corrected chi connectivity index (χ0v) is 9.73. The highest BCUT2D eigenvalue weighted by atomic mass is 79.9. The van der Waals surface area contributed by atoms with Gasteiger partial charge in [-0.2, -0.15) is 0 Å². The maximum atomic E-state index is 11.4. The molecule has 1 rings (SSSR count). The second-order valence-electron chi connectivity index (χ2n) is 2.59. The van der Waals surface area contributed by atoms with E-state index < -0.39 is 0 Å². The minimum Gasteiger partial charge on any atom is -0.464 e. The third-order valence-corrected chi connectivity index (χ3v) is 3.02. The van der Waals surface area contributed by atoms with Crippen LogP contribution in [0.5, 0.6) is 0 Å². The molecule has 0 N–H and O–H groups in total. The first-order valence-electron chi connectivity index (χ1n) is 4.01. The molecule has 2 nitrogen and oxygen atoms in total. The van der Waals surface area contributed by atoms with E-state index in [4.69, 9.17) is 4.74 Å². The van der Waals surface area contributed by atoms with Crippen molar-refractivity contribution in [1.82, 2.24) is 0 Å². The highest BCUT2D eigenvalue weighted by Crippen LogP contribution is 2.21. The van der Waals surface area contributed by atoms with Gasteiger partial charge < -0.3 is 4.74 Å². The molecule has 0 aromatic carbocycles. The summed E-state index contributed by atoms with van der Waals surface area (Å²) in [6.45, 7) is 2.30. The van der Waals surface area contributed by atoms with Crippen LogP contribution in [0.2, 0.25) is 0 Å². The number of thiophene rings is 1. The summed E-state index contributed by atoms with van der Waals surface area (Å²) in [5.74, 6) is -0.291. The Kier molecular flexibility index (Phi) is 4.45. The second-order valence-corrected chi connectivity index (χ2v) is 4.37. The molecule has 0 saturated carbocycles. The molecule has 72 valence electrons. The van der Waals surface area contributed by atoms with Crippen LogP contribution in [-0.2, 0) is 9.53 Å². The van der Waals surface area contributed by atoms with Crippen molar-refractivity contribution in [3.8, 4) is 0 Å². The zero-order valence-electron chi connectivity index (χ0n) is 7.33. The minimum atomic E-state index is -0.151. The predicted octanol–water partition coefficient (Wildman–Crippen LogP) is 2.79. The lowest BCUT2D eigenvalue weighted by molar-refractivity contribution is -0.144. The number of alkyl halides is 1. The Hall–Kier alpha value is -0.350. The monoisotopic (exact) mass is 262 g/mol. The Morgan fingerprint density at radius 3 is 3.08 bits per heavy atom. The van der Waals surface area contributed by atoms with Gasteiger partial charge >= 0.3 is 5.97 Å². The lowest BCUT2D eigenvalue weighted by Gasteiger charge is -2.08. The van der Waals surface area contributed by atoms with Gasteiger partial charge in [-0.15, -0.1) is 11.3 Å². The molecule has 0 bridgehead atoms. The molecule has 1 aromatic rings. The molecule has 1 heterocycles.